The van der Waals surface area contributed by atoms with Crippen molar-refractivity contribution in [2.24, 2.45) is 11.7 Å². The van der Waals surface area contributed by atoms with Gasteiger partial charge in [-0.25, -0.2) is 0 Å². The smallest absolute Gasteiger partial charge is 0.320 e. The fourth-order valence-corrected chi connectivity index (χ4v) is 0.497. The SMILES string of the molecule is CCC(C)C(N)C(=O)O.CS. The zero-order valence-corrected chi connectivity index (χ0v) is 8.14. The molecular formula is C7H17NO2S. The van der Waals surface area contributed by atoms with Crippen molar-refractivity contribution in [1.29, 1.82) is 0 Å². The van der Waals surface area contributed by atoms with Crippen molar-refractivity contribution in [3.63, 3.8) is 0 Å². The van der Waals surface area contributed by atoms with Gasteiger partial charge < -0.3 is 10.8 Å². The van der Waals surface area contributed by atoms with Crippen molar-refractivity contribution in [2.45, 2.75) is 26.3 Å². The van der Waals surface area contributed by atoms with Gasteiger partial charge in [0.2, 0.25) is 0 Å². The number of carboxylic acids is 1. The molecule has 0 saturated heterocycles. The van der Waals surface area contributed by atoms with E-state index in [4.69, 9.17) is 10.8 Å². The molecule has 0 amide bonds. The fourth-order valence-electron chi connectivity index (χ4n) is 0.497. The maximum absolute atomic E-state index is 10.2. The van der Waals surface area contributed by atoms with Crippen LogP contribution in [-0.4, -0.2) is 23.4 Å². The normalized spacial score (nSPS) is 14.3. The van der Waals surface area contributed by atoms with E-state index in [1.807, 2.05) is 13.8 Å². The molecule has 4 heteroatoms. The Morgan fingerprint density at radius 1 is 1.64 bits per heavy atom. The van der Waals surface area contributed by atoms with Crippen LogP contribution < -0.4 is 5.73 Å². The van der Waals surface area contributed by atoms with Crippen LogP contribution in [0.5, 0.6) is 0 Å². The third-order valence-electron chi connectivity index (χ3n) is 1.54. The zero-order valence-electron chi connectivity index (χ0n) is 7.24. The average molecular weight is 179 g/mol. The van der Waals surface area contributed by atoms with Crippen LogP contribution in [0.15, 0.2) is 0 Å². The number of rotatable bonds is 3. The summed E-state index contributed by atoms with van der Waals surface area (Å²) >= 11 is 3.53. The van der Waals surface area contributed by atoms with Crippen LogP contribution in [-0.2, 0) is 4.79 Å². The molecule has 11 heavy (non-hydrogen) atoms. The monoisotopic (exact) mass is 179 g/mol. The minimum absolute atomic E-state index is 0.0718. The number of thiol groups is 1. The number of carboxylic acid groups (broad SMARTS) is 1. The summed E-state index contributed by atoms with van der Waals surface area (Å²) in [6.45, 7) is 3.76. The van der Waals surface area contributed by atoms with Gasteiger partial charge in [-0.15, -0.1) is 0 Å². The number of hydrogen-bond acceptors (Lipinski definition) is 3. The lowest BCUT2D eigenvalue weighted by Gasteiger charge is -2.11. The molecule has 0 aromatic rings. The van der Waals surface area contributed by atoms with Crippen LogP contribution in [0.2, 0.25) is 0 Å². The second kappa shape index (κ2) is 7.88. The van der Waals surface area contributed by atoms with Gasteiger partial charge in [0.25, 0.3) is 0 Å². The maximum atomic E-state index is 10.2. The Balaban J connectivity index is 0. The number of carbonyl (C=O) groups is 1. The highest BCUT2D eigenvalue weighted by atomic mass is 32.1. The van der Waals surface area contributed by atoms with E-state index in [2.05, 4.69) is 12.6 Å². The molecule has 0 rings (SSSR count). The second-order valence-corrected chi connectivity index (χ2v) is 2.25. The van der Waals surface area contributed by atoms with Gasteiger partial charge in [-0.1, -0.05) is 20.3 Å². The van der Waals surface area contributed by atoms with Crippen molar-refractivity contribution in [2.75, 3.05) is 6.26 Å². The van der Waals surface area contributed by atoms with E-state index in [0.717, 1.165) is 6.42 Å². The zero-order chi connectivity index (χ0) is 9.44. The van der Waals surface area contributed by atoms with Gasteiger partial charge in [-0.05, 0) is 12.2 Å². The Morgan fingerprint density at radius 2 is 2.00 bits per heavy atom. The van der Waals surface area contributed by atoms with Gasteiger partial charge in [0.1, 0.15) is 6.04 Å². The van der Waals surface area contributed by atoms with E-state index in [-0.39, 0.29) is 5.92 Å². The van der Waals surface area contributed by atoms with E-state index in [0.29, 0.717) is 0 Å². The molecule has 0 aliphatic carbocycles. The standard InChI is InChI=1S/C6H13NO2.CH4S/c1-3-4(2)5(7)6(8)9;1-2/h4-5H,3,7H2,1-2H3,(H,8,9);2H,1H3. The van der Waals surface area contributed by atoms with Crippen LogP contribution in [0.25, 0.3) is 0 Å². The lowest BCUT2D eigenvalue weighted by atomic mass is 10.0. The van der Waals surface area contributed by atoms with Crippen molar-refractivity contribution < 1.29 is 9.90 Å². The third-order valence-corrected chi connectivity index (χ3v) is 1.54. The van der Waals surface area contributed by atoms with Crippen LogP contribution in [0.1, 0.15) is 20.3 Å². The summed E-state index contributed by atoms with van der Waals surface area (Å²) in [5.74, 6) is -0.841. The minimum atomic E-state index is -0.913. The van der Waals surface area contributed by atoms with E-state index in [1.54, 1.807) is 6.26 Å². The predicted molar refractivity (Wildman–Crippen MR) is 50.0 cm³/mol. The molecule has 3 N–H and O–H groups in total. The van der Waals surface area contributed by atoms with Crippen molar-refractivity contribution >= 4 is 18.6 Å². The van der Waals surface area contributed by atoms with E-state index in [9.17, 15) is 4.79 Å². The van der Waals surface area contributed by atoms with Crippen LogP contribution >= 0.6 is 12.6 Å². The van der Waals surface area contributed by atoms with Gasteiger partial charge in [0, 0.05) is 0 Å². The molecule has 0 radical (unpaired) electrons. The first-order chi connectivity index (χ1) is 5.09. The lowest BCUT2D eigenvalue weighted by molar-refractivity contribution is -0.139. The molecular weight excluding hydrogens is 162 g/mol. The van der Waals surface area contributed by atoms with Crippen molar-refractivity contribution in [3.05, 3.63) is 0 Å². The molecule has 0 aromatic carbocycles. The maximum Gasteiger partial charge on any atom is 0.320 e. The summed E-state index contributed by atoms with van der Waals surface area (Å²) in [5.41, 5.74) is 5.27. The van der Waals surface area contributed by atoms with Gasteiger partial charge >= 0.3 is 5.97 Å². The topological polar surface area (TPSA) is 63.3 Å². The van der Waals surface area contributed by atoms with E-state index < -0.39 is 12.0 Å². The van der Waals surface area contributed by atoms with Crippen molar-refractivity contribution in [3.8, 4) is 0 Å². The second-order valence-electron chi connectivity index (χ2n) is 2.25. The van der Waals surface area contributed by atoms with Gasteiger partial charge in [0.15, 0.2) is 0 Å². The van der Waals surface area contributed by atoms with Crippen LogP contribution in [0.4, 0.5) is 0 Å². The van der Waals surface area contributed by atoms with E-state index in [1.165, 1.54) is 0 Å². The number of hydrogen-bond donors (Lipinski definition) is 3. The summed E-state index contributed by atoms with van der Waals surface area (Å²) in [7, 11) is 0. The molecule has 0 aliphatic heterocycles. The van der Waals surface area contributed by atoms with Gasteiger partial charge in [-0.2, -0.15) is 12.6 Å². The molecule has 2 atom stereocenters. The van der Waals surface area contributed by atoms with Crippen LogP contribution in [0, 0.1) is 5.92 Å². The predicted octanol–water partition coefficient (Wildman–Crippen LogP) is 0.990. The average Bonchev–Trinajstić information content (AvgIpc) is 2.05. The summed E-state index contributed by atoms with van der Waals surface area (Å²) < 4.78 is 0. The first-order valence-electron chi connectivity index (χ1n) is 3.52. The lowest BCUT2D eigenvalue weighted by Crippen LogP contribution is -2.36. The molecule has 2 unspecified atom stereocenters. The summed E-state index contributed by atoms with van der Waals surface area (Å²) in [6, 6.07) is -0.699. The molecule has 0 spiro atoms. The van der Waals surface area contributed by atoms with Crippen molar-refractivity contribution in [1.82, 2.24) is 0 Å². The molecule has 68 valence electrons. The Kier molecular flexibility index (Phi) is 9.58. The Bertz CT molecular complexity index is 109. The largest absolute Gasteiger partial charge is 0.480 e. The summed E-state index contributed by atoms with van der Waals surface area (Å²) in [6.07, 6.45) is 2.51. The Labute approximate surface area is 73.4 Å². The molecule has 3 nitrogen and oxygen atoms in total. The quantitative estimate of drug-likeness (QED) is 0.566. The van der Waals surface area contributed by atoms with Gasteiger partial charge in [-0.3, -0.25) is 4.79 Å². The minimum Gasteiger partial charge on any atom is -0.480 e. The molecule has 0 bridgehead atoms. The third kappa shape index (κ3) is 6.19. The molecule has 0 aliphatic rings. The highest BCUT2D eigenvalue weighted by molar-refractivity contribution is 7.79. The Hall–Kier alpha value is -0.220. The molecule has 0 aromatic heterocycles. The summed E-state index contributed by atoms with van der Waals surface area (Å²) in [5, 5.41) is 8.36. The first-order valence-corrected chi connectivity index (χ1v) is 4.42. The molecule has 0 heterocycles. The Morgan fingerprint density at radius 3 is 2.09 bits per heavy atom. The first kappa shape index (κ1) is 13.4. The number of nitrogens with two attached hydrogens (primary N) is 1. The van der Waals surface area contributed by atoms with Crippen LogP contribution in [0.3, 0.4) is 0 Å². The summed E-state index contributed by atoms with van der Waals surface area (Å²) in [4.78, 5) is 10.2. The highest BCUT2D eigenvalue weighted by Gasteiger charge is 2.17. The van der Waals surface area contributed by atoms with E-state index >= 15 is 0 Å². The highest BCUT2D eigenvalue weighted by Crippen LogP contribution is 2.04. The fraction of sp³-hybridized carbons (Fsp3) is 0.857. The molecule has 0 fully saturated rings. The molecule has 0 saturated carbocycles. The number of aliphatic carboxylic acids is 1. The van der Waals surface area contributed by atoms with Gasteiger partial charge in [0.05, 0.1) is 0 Å².